The van der Waals surface area contributed by atoms with Crippen LogP contribution in [0.2, 0.25) is 0 Å². The molecule has 7 heteroatoms. The van der Waals surface area contributed by atoms with E-state index in [9.17, 15) is 18.7 Å². The van der Waals surface area contributed by atoms with Crippen LogP contribution in [0.1, 0.15) is 32.4 Å². The first-order valence-electron chi connectivity index (χ1n) is 6.47. The fourth-order valence-electron chi connectivity index (χ4n) is 2.03. The number of rotatable bonds is 1. The minimum atomic E-state index is -1.21. The quantitative estimate of drug-likeness (QED) is 0.835. The molecule has 1 aromatic rings. The molecule has 2 N–H and O–H groups in total. The summed E-state index contributed by atoms with van der Waals surface area (Å²) < 4.78 is 37.5. The monoisotopic (exact) mass is 301 g/mol. The number of aliphatic hydroxyl groups is 1. The third kappa shape index (κ3) is 3.41. The van der Waals surface area contributed by atoms with Crippen molar-refractivity contribution in [2.24, 2.45) is 0 Å². The summed E-state index contributed by atoms with van der Waals surface area (Å²) in [6.07, 6.45) is -2.04. The van der Waals surface area contributed by atoms with E-state index in [0.29, 0.717) is 0 Å². The van der Waals surface area contributed by atoms with E-state index in [4.69, 9.17) is 9.47 Å². The summed E-state index contributed by atoms with van der Waals surface area (Å²) >= 11 is 0. The zero-order valence-corrected chi connectivity index (χ0v) is 11.9. The van der Waals surface area contributed by atoms with Crippen LogP contribution in [-0.2, 0) is 4.74 Å². The SMILES string of the molecule is CC(C)(C)OC(=O)N[C@@H]1c2c(ccc(F)c2F)OC[C@@H]1O. The highest BCUT2D eigenvalue weighted by atomic mass is 19.2. The van der Waals surface area contributed by atoms with Gasteiger partial charge in [0.1, 0.15) is 24.1 Å². The van der Waals surface area contributed by atoms with Gasteiger partial charge in [0.2, 0.25) is 0 Å². The molecule has 0 spiro atoms. The molecule has 0 bridgehead atoms. The normalized spacial score (nSPS) is 21.2. The lowest BCUT2D eigenvalue weighted by atomic mass is 9.97. The molecular weight excluding hydrogens is 284 g/mol. The van der Waals surface area contributed by atoms with Crippen molar-refractivity contribution in [3.8, 4) is 5.75 Å². The average Bonchev–Trinajstić information content (AvgIpc) is 2.35. The molecule has 1 aliphatic rings. The standard InChI is InChI=1S/C14H17F2NO4/c1-14(2,3)21-13(19)17-12-8(18)6-20-9-5-4-7(15)11(16)10(9)12/h4-5,8,12,18H,6H2,1-3H3,(H,17,19)/t8-,12-/m0/s1. The highest BCUT2D eigenvalue weighted by Crippen LogP contribution is 2.35. The largest absolute Gasteiger partial charge is 0.490 e. The van der Waals surface area contributed by atoms with Gasteiger partial charge in [-0.3, -0.25) is 0 Å². The van der Waals surface area contributed by atoms with Gasteiger partial charge in [-0.2, -0.15) is 0 Å². The summed E-state index contributed by atoms with van der Waals surface area (Å²) in [4.78, 5) is 11.8. The van der Waals surface area contributed by atoms with Crippen molar-refractivity contribution in [3.63, 3.8) is 0 Å². The van der Waals surface area contributed by atoms with Crippen LogP contribution >= 0.6 is 0 Å². The first kappa shape index (κ1) is 15.5. The zero-order chi connectivity index (χ0) is 15.8. The number of fused-ring (bicyclic) bond motifs is 1. The number of alkyl carbamates (subject to hydrolysis) is 1. The van der Waals surface area contributed by atoms with Crippen molar-refractivity contribution in [1.29, 1.82) is 0 Å². The van der Waals surface area contributed by atoms with Gasteiger partial charge >= 0.3 is 6.09 Å². The van der Waals surface area contributed by atoms with E-state index in [1.54, 1.807) is 20.8 Å². The molecule has 5 nitrogen and oxygen atoms in total. The van der Waals surface area contributed by atoms with E-state index in [1.165, 1.54) is 6.07 Å². The van der Waals surface area contributed by atoms with Crippen LogP contribution in [0.5, 0.6) is 5.75 Å². The summed E-state index contributed by atoms with van der Waals surface area (Å²) in [5.74, 6) is -2.16. The van der Waals surface area contributed by atoms with Gasteiger partial charge in [-0.1, -0.05) is 0 Å². The third-order valence-corrected chi connectivity index (χ3v) is 2.87. The fraction of sp³-hybridized carbons (Fsp3) is 0.500. The third-order valence-electron chi connectivity index (χ3n) is 2.87. The Kier molecular flexibility index (Phi) is 4.04. The Labute approximate surface area is 120 Å². The molecule has 0 unspecified atom stereocenters. The van der Waals surface area contributed by atoms with Crippen molar-refractivity contribution < 1.29 is 28.2 Å². The highest BCUT2D eigenvalue weighted by Gasteiger charge is 2.35. The predicted molar refractivity (Wildman–Crippen MR) is 70.0 cm³/mol. The molecule has 0 aromatic heterocycles. The Morgan fingerprint density at radius 1 is 1.43 bits per heavy atom. The highest BCUT2D eigenvalue weighted by molar-refractivity contribution is 5.69. The van der Waals surface area contributed by atoms with E-state index in [-0.39, 0.29) is 17.9 Å². The van der Waals surface area contributed by atoms with Crippen LogP contribution in [0.4, 0.5) is 13.6 Å². The van der Waals surface area contributed by atoms with Crippen molar-refractivity contribution in [3.05, 3.63) is 29.3 Å². The maximum absolute atomic E-state index is 13.9. The Morgan fingerprint density at radius 3 is 2.71 bits per heavy atom. The Hall–Kier alpha value is -1.89. The lowest BCUT2D eigenvalue weighted by Gasteiger charge is -2.32. The number of hydrogen-bond acceptors (Lipinski definition) is 4. The van der Waals surface area contributed by atoms with Crippen LogP contribution in [0, 0.1) is 11.6 Å². The minimum absolute atomic E-state index is 0.0836. The van der Waals surface area contributed by atoms with Crippen LogP contribution < -0.4 is 10.1 Å². The van der Waals surface area contributed by atoms with Crippen LogP contribution in [-0.4, -0.2) is 29.5 Å². The van der Waals surface area contributed by atoms with E-state index in [0.717, 1.165) is 6.07 Å². The fourth-order valence-corrected chi connectivity index (χ4v) is 2.03. The molecule has 1 aromatic carbocycles. The van der Waals surface area contributed by atoms with Gasteiger partial charge in [-0.15, -0.1) is 0 Å². The summed E-state index contributed by atoms with van der Waals surface area (Å²) in [5, 5.41) is 12.2. The molecule has 1 heterocycles. The van der Waals surface area contributed by atoms with Gasteiger partial charge < -0.3 is 19.9 Å². The number of halogens is 2. The number of aliphatic hydroxyl groups excluding tert-OH is 1. The first-order chi connectivity index (χ1) is 9.69. The molecule has 21 heavy (non-hydrogen) atoms. The maximum Gasteiger partial charge on any atom is 0.408 e. The Balaban J connectivity index is 2.28. The van der Waals surface area contributed by atoms with Gasteiger partial charge in [0.05, 0.1) is 11.6 Å². The van der Waals surface area contributed by atoms with Gasteiger partial charge in [0.15, 0.2) is 11.6 Å². The molecular formula is C14H17F2NO4. The Bertz CT molecular complexity index is 557. The van der Waals surface area contributed by atoms with E-state index >= 15 is 0 Å². The molecule has 0 aliphatic carbocycles. The first-order valence-corrected chi connectivity index (χ1v) is 6.47. The molecule has 2 atom stereocenters. The summed E-state index contributed by atoms with van der Waals surface area (Å²) in [6, 6.07) is 1.04. The van der Waals surface area contributed by atoms with Gasteiger partial charge in [-0.25, -0.2) is 13.6 Å². The smallest absolute Gasteiger partial charge is 0.408 e. The molecule has 2 rings (SSSR count). The topological polar surface area (TPSA) is 67.8 Å². The number of carbonyl (C=O) groups excluding carboxylic acids is 1. The summed E-state index contributed by atoms with van der Waals surface area (Å²) in [6.45, 7) is 4.86. The number of carbonyl (C=O) groups is 1. The van der Waals surface area contributed by atoms with Crippen LogP contribution in [0.15, 0.2) is 12.1 Å². The molecule has 116 valence electrons. The molecule has 0 saturated carbocycles. The second kappa shape index (κ2) is 5.48. The predicted octanol–water partition coefficient (Wildman–Crippen LogP) is 2.28. The van der Waals surface area contributed by atoms with E-state index in [2.05, 4.69) is 5.32 Å². The maximum atomic E-state index is 13.9. The van der Waals surface area contributed by atoms with Crippen molar-refractivity contribution in [2.75, 3.05) is 6.61 Å². The zero-order valence-electron chi connectivity index (χ0n) is 11.9. The van der Waals surface area contributed by atoms with Gasteiger partial charge in [-0.05, 0) is 32.9 Å². The van der Waals surface area contributed by atoms with Crippen molar-refractivity contribution in [2.45, 2.75) is 38.5 Å². The number of amides is 1. The number of nitrogens with one attached hydrogen (secondary N) is 1. The van der Waals surface area contributed by atoms with E-state index in [1.807, 2.05) is 0 Å². The minimum Gasteiger partial charge on any atom is -0.490 e. The van der Waals surface area contributed by atoms with Gasteiger partial charge in [0, 0.05) is 0 Å². The molecule has 0 fully saturated rings. The van der Waals surface area contributed by atoms with Crippen LogP contribution in [0.3, 0.4) is 0 Å². The molecule has 1 amide bonds. The summed E-state index contributed by atoms with van der Waals surface area (Å²) in [7, 11) is 0. The van der Waals surface area contributed by atoms with Gasteiger partial charge in [0.25, 0.3) is 0 Å². The summed E-state index contributed by atoms with van der Waals surface area (Å²) in [5.41, 5.74) is -0.969. The number of hydrogen-bond donors (Lipinski definition) is 2. The second-order valence-corrected chi connectivity index (χ2v) is 5.78. The van der Waals surface area contributed by atoms with Crippen LogP contribution in [0.25, 0.3) is 0 Å². The van der Waals surface area contributed by atoms with E-state index < -0.39 is 35.5 Å². The molecule has 0 radical (unpaired) electrons. The lowest BCUT2D eigenvalue weighted by molar-refractivity contribution is 0.0264. The average molecular weight is 301 g/mol. The number of benzene rings is 1. The number of ether oxygens (including phenoxy) is 2. The second-order valence-electron chi connectivity index (χ2n) is 5.78. The molecule has 1 aliphatic heterocycles. The Morgan fingerprint density at radius 2 is 2.10 bits per heavy atom. The lowest BCUT2D eigenvalue weighted by Crippen LogP contribution is -2.44. The molecule has 0 saturated heterocycles. The van der Waals surface area contributed by atoms with Crippen molar-refractivity contribution >= 4 is 6.09 Å². The van der Waals surface area contributed by atoms with Crippen molar-refractivity contribution in [1.82, 2.24) is 5.32 Å².